The van der Waals surface area contributed by atoms with Gasteiger partial charge >= 0.3 is 6.16 Å². The quantitative estimate of drug-likeness (QED) is 0.304. The van der Waals surface area contributed by atoms with Gasteiger partial charge in [0, 0.05) is 17.6 Å². The van der Waals surface area contributed by atoms with Gasteiger partial charge in [0.15, 0.2) is 0 Å². The highest BCUT2D eigenvalue weighted by molar-refractivity contribution is 8.77. The highest BCUT2D eigenvalue weighted by Gasteiger charge is 2.15. The van der Waals surface area contributed by atoms with Crippen LogP contribution in [0.25, 0.3) is 0 Å². The summed E-state index contributed by atoms with van der Waals surface area (Å²) >= 11 is 0. The van der Waals surface area contributed by atoms with E-state index >= 15 is 0 Å². The maximum Gasteiger partial charge on any atom is 0.509 e. The molecule has 0 aromatic rings. The fourth-order valence-electron chi connectivity index (χ4n) is 1.50. The van der Waals surface area contributed by atoms with Crippen LogP contribution in [0.4, 0.5) is 4.79 Å². The molecule has 0 aromatic heterocycles. The van der Waals surface area contributed by atoms with Crippen LogP contribution in [0.2, 0.25) is 0 Å². The third-order valence-corrected chi connectivity index (χ3v) is 5.46. The molecule has 0 amide bonds. The summed E-state index contributed by atoms with van der Waals surface area (Å²) in [6.07, 6.45) is 4.26. The van der Waals surface area contributed by atoms with Gasteiger partial charge in [0.05, 0.1) is 13.8 Å². The van der Waals surface area contributed by atoms with Gasteiger partial charge in [0.1, 0.15) is 6.73 Å². The van der Waals surface area contributed by atoms with Crippen LogP contribution >= 0.6 is 21.6 Å². The molecular formula is C11H21NO4S2. The fraction of sp³-hybridized carbons (Fsp3) is 0.909. The monoisotopic (exact) mass is 295 g/mol. The first-order valence-electron chi connectivity index (χ1n) is 6.10. The van der Waals surface area contributed by atoms with Crippen LogP contribution in [0.3, 0.4) is 0 Å². The zero-order valence-electron chi connectivity index (χ0n) is 10.7. The van der Waals surface area contributed by atoms with Crippen molar-refractivity contribution in [2.75, 3.05) is 32.9 Å². The Bertz CT molecular complexity index is 225. The van der Waals surface area contributed by atoms with Crippen LogP contribution in [0.5, 0.6) is 0 Å². The van der Waals surface area contributed by atoms with Gasteiger partial charge in [0.2, 0.25) is 0 Å². The number of nitrogens with one attached hydrogen (secondary N) is 1. The smallest absolute Gasteiger partial charge is 0.438 e. The zero-order chi connectivity index (χ0) is 13.1. The predicted octanol–water partition coefficient (Wildman–Crippen LogP) is 2.61. The number of rotatable bonds is 9. The Hall–Kier alpha value is -0.110. The van der Waals surface area contributed by atoms with Gasteiger partial charge in [-0.15, -0.1) is 0 Å². The van der Waals surface area contributed by atoms with Crippen molar-refractivity contribution in [3.63, 3.8) is 0 Å². The lowest BCUT2D eigenvalue weighted by Gasteiger charge is -2.08. The van der Waals surface area contributed by atoms with Crippen molar-refractivity contribution in [1.82, 2.24) is 5.32 Å². The molecule has 1 aliphatic rings. The maximum absolute atomic E-state index is 10.6. The molecule has 0 bridgehead atoms. The molecule has 0 saturated carbocycles. The molecular weight excluding hydrogens is 274 g/mol. The number of carbonyl (C=O) groups excluding carboxylic acids is 1. The van der Waals surface area contributed by atoms with Crippen LogP contribution in [0, 0.1) is 0 Å². The van der Waals surface area contributed by atoms with Crippen LogP contribution in [0.1, 0.15) is 25.7 Å². The molecule has 7 heteroatoms. The number of hydrogen-bond acceptors (Lipinski definition) is 7. The fourth-order valence-corrected chi connectivity index (χ4v) is 4.52. The van der Waals surface area contributed by atoms with Crippen LogP contribution in [0.15, 0.2) is 0 Å². The van der Waals surface area contributed by atoms with Crippen LogP contribution in [-0.2, 0) is 14.2 Å². The van der Waals surface area contributed by atoms with E-state index in [0.29, 0.717) is 6.73 Å². The van der Waals surface area contributed by atoms with Crippen molar-refractivity contribution in [2.24, 2.45) is 0 Å². The van der Waals surface area contributed by atoms with Gasteiger partial charge in [-0.1, -0.05) is 28.0 Å². The lowest BCUT2D eigenvalue weighted by molar-refractivity contribution is 0.0452. The summed E-state index contributed by atoms with van der Waals surface area (Å²) in [7, 11) is 5.29. The summed E-state index contributed by atoms with van der Waals surface area (Å²) in [6.45, 7) is 1.25. The summed E-state index contributed by atoms with van der Waals surface area (Å²) in [4.78, 5) is 10.6. The van der Waals surface area contributed by atoms with Crippen LogP contribution < -0.4 is 5.32 Å². The molecule has 5 nitrogen and oxygen atoms in total. The molecule has 0 aliphatic carbocycles. The third-order valence-electron chi connectivity index (χ3n) is 2.45. The van der Waals surface area contributed by atoms with E-state index in [1.54, 1.807) is 0 Å². The van der Waals surface area contributed by atoms with Crippen molar-refractivity contribution in [2.45, 2.75) is 30.9 Å². The topological polar surface area (TPSA) is 56.8 Å². The highest BCUT2D eigenvalue weighted by Crippen LogP contribution is 2.39. The second-order valence-corrected chi connectivity index (χ2v) is 6.66. The zero-order valence-corrected chi connectivity index (χ0v) is 12.3. The Morgan fingerprint density at radius 2 is 2.28 bits per heavy atom. The van der Waals surface area contributed by atoms with E-state index in [0.717, 1.165) is 18.3 Å². The highest BCUT2D eigenvalue weighted by atomic mass is 33.1. The Labute approximate surface area is 116 Å². The van der Waals surface area contributed by atoms with Crippen molar-refractivity contribution in [1.29, 1.82) is 0 Å². The minimum absolute atomic E-state index is 0.114. The van der Waals surface area contributed by atoms with E-state index in [4.69, 9.17) is 4.74 Å². The minimum Gasteiger partial charge on any atom is -0.438 e. The average molecular weight is 295 g/mol. The number of hydrogen-bond donors (Lipinski definition) is 1. The number of unbranched alkanes of at least 4 members (excludes halogenated alkanes) is 1. The minimum atomic E-state index is -0.686. The summed E-state index contributed by atoms with van der Waals surface area (Å²) in [5.41, 5.74) is 0. The third kappa shape index (κ3) is 8.07. The Morgan fingerprint density at radius 3 is 3.00 bits per heavy atom. The largest absolute Gasteiger partial charge is 0.509 e. The van der Waals surface area contributed by atoms with Crippen LogP contribution in [-0.4, -0.2) is 44.3 Å². The molecule has 106 valence electrons. The maximum atomic E-state index is 10.6. The molecule has 1 rings (SSSR count). The number of ether oxygens (including phenoxy) is 3. The molecule has 0 spiro atoms. The van der Waals surface area contributed by atoms with Crippen molar-refractivity contribution >= 4 is 27.7 Å². The second-order valence-electron chi connectivity index (χ2n) is 3.87. The molecule has 1 unspecified atom stereocenters. The lowest BCUT2D eigenvalue weighted by Crippen LogP contribution is -2.23. The summed E-state index contributed by atoms with van der Waals surface area (Å²) < 4.78 is 14.3. The van der Waals surface area contributed by atoms with E-state index in [9.17, 15) is 4.79 Å². The standard InChI is InChI=1S/C11H21NO4S2/c1-14-11(13)16-9-12-8-15-6-3-2-4-10-5-7-17-18-10/h10,12H,2-9H2,1H3. The molecule has 1 heterocycles. The molecule has 1 N–H and O–H groups in total. The van der Waals surface area contributed by atoms with Gasteiger partial charge in [0.25, 0.3) is 0 Å². The molecule has 0 aromatic carbocycles. The van der Waals surface area contributed by atoms with Gasteiger partial charge in [-0.3, -0.25) is 5.32 Å². The van der Waals surface area contributed by atoms with E-state index in [-0.39, 0.29) is 6.73 Å². The van der Waals surface area contributed by atoms with E-state index in [1.807, 2.05) is 21.6 Å². The van der Waals surface area contributed by atoms with Gasteiger partial charge < -0.3 is 14.2 Å². The predicted molar refractivity (Wildman–Crippen MR) is 74.6 cm³/mol. The average Bonchev–Trinajstić information content (AvgIpc) is 2.89. The van der Waals surface area contributed by atoms with E-state index < -0.39 is 6.16 Å². The molecule has 1 saturated heterocycles. The van der Waals surface area contributed by atoms with E-state index in [1.165, 1.54) is 32.1 Å². The first kappa shape index (κ1) is 15.9. The van der Waals surface area contributed by atoms with Gasteiger partial charge in [-0.2, -0.15) is 0 Å². The molecule has 0 radical (unpaired) electrons. The summed E-state index contributed by atoms with van der Waals surface area (Å²) in [6, 6.07) is 0. The van der Waals surface area contributed by atoms with Crippen molar-refractivity contribution in [3.05, 3.63) is 0 Å². The van der Waals surface area contributed by atoms with Gasteiger partial charge in [-0.05, 0) is 19.3 Å². The molecule has 1 atom stereocenters. The normalized spacial score (nSPS) is 18.8. The second kappa shape index (κ2) is 10.8. The number of methoxy groups -OCH3 is 1. The Balaban J connectivity index is 1.74. The Kier molecular flexibility index (Phi) is 9.55. The van der Waals surface area contributed by atoms with Crippen molar-refractivity contribution < 1.29 is 19.0 Å². The van der Waals surface area contributed by atoms with Gasteiger partial charge in [-0.25, -0.2) is 4.79 Å². The summed E-state index contributed by atoms with van der Waals surface area (Å²) in [5.74, 6) is 1.30. The number of carbonyl (C=O) groups is 1. The Morgan fingerprint density at radius 1 is 1.39 bits per heavy atom. The van der Waals surface area contributed by atoms with Crippen molar-refractivity contribution in [3.8, 4) is 0 Å². The molecule has 18 heavy (non-hydrogen) atoms. The molecule has 1 fully saturated rings. The van der Waals surface area contributed by atoms with E-state index in [2.05, 4.69) is 14.8 Å². The SMILES string of the molecule is COC(=O)OCNCOCCCCC1CCSS1. The summed E-state index contributed by atoms with van der Waals surface area (Å²) in [5, 5.41) is 3.68. The first-order chi connectivity index (χ1) is 8.83. The molecule has 1 aliphatic heterocycles. The lowest BCUT2D eigenvalue weighted by atomic mass is 10.1. The first-order valence-corrected chi connectivity index (χ1v) is 8.48.